The number of fused-ring (bicyclic) bond motifs is 3. The van der Waals surface area contributed by atoms with E-state index in [0.29, 0.717) is 11.8 Å². The first-order chi connectivity index (χ1) is 9.16. The molecule has 19 heavy (non-hydrogen) atoms. The highest BCUT2D eigenvalue weighted by atomic mass is 79.9. The van der Waals surface area contributed by atoms with Gasteiger partial charge in [-0.15, -0.1) is 0 Å². The van der Waals surface area contributed by atoms with Crippen LogP contribution in [-0.2, 0) is 11.2 Å². The molecule has 102 valence electrons. The molecule has 0 spiro atoms. The molecule has 2 atom stereocenters. The predicted octanol–water partition coefficient (Wildman–Crippen LogP) is 3.96. The van der Waals surface area contributed by atoms with Crippen LogP contribution < -0.4 is 4.90 Å². The molecule has 3 heteroatoms. The first kappa shape index (κ1) is 13.2. The highest BCUT2D eigenvalue weighted by Gasteiger charge is 2.37. The summed E-state index contributed by atoms with van der Waals surface area (Å²) in [7, 11) is 0. The summed E-state index contributed by atoms with van der Waals surface area (Å²) >= 11 is 3.55. The van der Waals surface area contributed by atoms with Crippen molar-refractivity contribution in [2.45, 2.75) is 45.1 Å². The molecule has 2 aliphatic heterocycles. The van der Waals surface area contributed by atoms with E-state index in [1.165, 1.54) is 36.9 Å². The minimum absolute atomic E-state index is 0.180. The molecule has 0 saturated carbocycles. The second-order valence-corrected chi connectivity index (χ2v) is 6.72. The third-order valence-corrected chi connectivity index (χ3v) is 5.07. The second kappa shape index (κ2) is 5.28. The van der Waals surface area contributed by atoms with Gasteiger partial charge in [0.2, 0.25) is 0 Å². The van der Waals surface area contributed by atoms with Crippen molar-refractivity contribution in [1.29, 1.82) is 0 Å². The molecule has 2 aliphatic rings. The van der Waals surface area contributed by atoms with Crippen LogP contribution in [0.25, 0.3) is 0 Å². The molecule has 1 aromatic rings. The molecule has 1 fully saturated rings. The maximum Gasteiger partial charge on any atom is 0.135 e. The molecule has 1 saturated heterocycles. The van der Waals surface area contributed by atoms with Crippen molar-refractivity contribution in [3.05, 3.63) is 28.2 Å². The highest BCUT2D eigenvalue weighted by molar-refractivity contribution is 9.10. The van der Waals surface area contributed by atoms with Gasteiger partial charge in [-0.3, -0.25) is 4.79 Å². The SMILES string of the molecule is CC(=O)C1Cc2cc(Br)ccc2N2CCCCCC12. The van der Waals surface area contributed by atoms with Crippen LogP contribution in [0.5, 0.6) is 0 Å². The van der Waals surface area contributed by atoms with E-state index in [2.05, 4.69) is 39.0 Å². The average molecular weight is 322 g/mol. The summed E-state index contributed by atoms with van der Waals surface area (Å²) in [5.41, 5.74) is 2.68. The van der Waals surface area contributed by atoms with Gasteiger partial charge in [-0.25, -0.2) is 0 Å². The molecule has 2 nitrogen and oxygen atoms in total. The number of benzene rings is 1. The smallest absolute Gasteiger partial charge is 0.135 e. The van der Waals surface area contributed by atoms with Crippen LogP contribution in [0.15, 0.2) is 22.7 Å². The average Bonchev–Trinajstić information content (AvgIpc) is 2.62. The highest BCUT2D eigenvalue weighted by Crippen LogP contribution is 2.39. The number of nitrogens with zero attached hydrogens (tertiary/aromatic N) is 1. The van der Waals surface area contributed by atoms with Gasteiger partial charge in [-0.05, 0) is 49.9 Å². The van der Waals surface area contributed by atoms with Crippen molar-refractivity contribution in [3.8, 4) is 0 Å². The van der Waals surface area contributed by atoms with Crippen molar-refractivity contribution in [2.24, 2.45) is 5.92 Å². The Balaban J connectivity index is 2.04. The number of halogens is 1. The Hall–Kier alpha value is -0.830. The molecule has 0 amide bonds. The summed E-state index contributed by atoms with van der Waals surface area (Å²) in [5, 5.41) is 0. The number of hydrogen-bond acceptors (Lipinski definition) is 2. The van der Waals surface area contributed by atoms with Gasteiger partial charge in [0, 0.05) is 28.7 Å². The molecule has 2 heterocycles. The van der Waals surface area contributed by atoms with Crippen LogP contribution in [-0.4, -0.2) is 18.4 Å². The summed E-state index contributed by atoms with van der Waals surface area (Å²) < 4.78 is 1.11. The number of hydrogen-bond donors (Lipinski definition) is 0. The fourth-order valence-corrected chi connectivity index (χ4v) is 4.05. The first-order valence-corrected chi connectivity index (χ1v) is 8.01. The van der Waals surface area contributed by atoms with Crippen LogP contribution in [0.3, 0.4) is 0 Å². The van der Waals surface area contributed by atoms with Gasteiger partial charge in [-0.1, -0.05) is 28.8 Å². The van der Waals surface area contributed by atoms with Gasteiger partial charge < -0.3 is 4.90 Å². The summed E-state index contributed by atoms with van der Waals surface area (Å²) in [6.07, 6.45) is 5.88. The van der Waals surface area contributed by atoms with Crippen molar-refractivity contribution in [3.63, 3.8) is 0 Å². The quantitative estimate of drug-likeness (QED) is 0.780. The van der Waals surface area contributed by atoms with Crippen LogP contribution >= 0.6 is 15.9 Å². The molecular formula is C16H20BrNO. The predicted molar refractivity (Wildman–Crippen MR) is 81.6 cm³/mol. The van der Waals surface area contributed by atoms with Gasteiger partial charge >= 0.3 is 0 Å². The molecule has 0 radical (unpaired) electrons. The Morgan fingerprint density at radius 2 is 2.16 bits per heavy atom. The number of carbonyl (C=O) groups excluding carboxylic acids is 1. The number of rotatable bonds is 1. The summed E-state index contributed by atoms with van der Waals surface area (Å²) in [5.74, 6) is 0.530. The second-order valence-electron chi connectivity index (χ2n) is 5.80. The van der Waals surface area contributed by atoms with Crippen molar-refractivity contribution in [1.82, 2.24) is 0 Å². The Kier molecular flexibility index (Phi) is 3.66. The van der Waals surface area contributed by atoms with E-state index >= 15 is 0 Å². The van der Waals surface area contributed by atoms with Crippen molar-refractivity contribution >= 4 is 27.4 Å². The maximum absolute atomic E-state index is 12.0. The number of carbonyl (C=O) groups is 1. The van der Waals surface area contributed by atoms with Gasteiger partial charge in [0.1, 0.15) is 5.78 Å². The Morgan fingerprint density at radius 3 is 2.95 bits per heavy atom. The van der Waals surface area contributed by atoms with E-state index < -0.39 is 0 Å². The largest absolute Gasteiger partial charge is 0.368 e. The monoisotopic (exact) mass is 321 g/mol. The van der Waals surface area contributed by atoms with Gasteiger partial charge in [0.15, 0.2) is 0 Å². The van der Waals surface area contributed by atoms with E-state index in [0.717, 1.165) is 17.4 Å². The van der Waals surface area contributed by atoms with Crippen LogP contribution in [0.1, 0.15) is 38.2 Å². The van der Waals surface area contributed by atoms with E-state index in [9.17, 15) is 4.79 Å². The molecule has 2 unspecified atom stereocenters. The van der Waals surface area contributed by atoms with Crippen LogP contribution in [0.4, 0.5) is 5.69 Å². The third-order valence-electron chi connectivity index (χ3n) is 4.58. The fraction of sp³-hybridized carbons (Fsp3) is 0.562. The van der Waals surface area contributed by atoms with Crippen molar-refractivity contribution in [2.75, 3.05) is 11.4 Å². The number of ketones is 1. The Labute approximate surface area is 123 Å². The molecule has 1 aromatic carbocycles. The summed E-state index contributed by atoms with van der Waals surface area (Å²) in [6.45, 7) is 2.86. The Bertz CT molecular complexity index is 500. The lowest BCUT2D eigenvalue weighted by molar-refractivity contribution is -0.121. The normalized spacial score (nSPS) is 26.3. The lowest BCUT2D eigenvalue weighted by Crippen LogP contribution is -2.47. The molecule has 0 bridgehead atoms. The zero-order valence-electron chi connectivity index (χ0n) is 11.4. The van der Waals surface area contributed by atoms with Crippen molar-refractivity contribution < 1.29 is 4.79 Å². The lowest BCUT2D eigenvalue weighted by Gasteiger charge is -2.42. The maximum atomic E-state index is 12.0. The lowest BCUT2D eigenvalue weighted by atomic mass is 9.81. The number of anilines is 1. The summed E-state index contributed by atoms with van der Waals surface area (Å²) in [4.78, 5) is 14.5. The van der Waals surface area contributed by atoms with Gasteiger partial charge in [-0.2, -0.15) is 0 Å². The molecule has 0 N–H and O–H groups in total. The van der Waals surface area contributed by atoms with E-state index in [4.69, 9.17) is 0 Å². The molecule has 3 rings (SSSR count). The number of Topliss-reactive ketones (excluding diaryl/α,β-unsaturated/α-hetero) is 1. The minimum atomic E-state index is 0.180. The zero-order valence-corrected chi connectivity index (χ0v) is 12.9. The fourth-order valence-electron chi connectivity index (χ4n) is 3.64. The van der Waals surface area contributed by atoms with Crippen LogP contribution in [0.2, 0.25) is 0 Å². The molecule has 0 aromatic heterocycles. The summed E-state index contributed by atoms with van der Waals surface area (Å²) in [6, 6.07) is 6.95. The van der Waals surface area contributed by atoms with E-state index in [1.807, 2.05) is 0 Å². The van der Waals surface area contributed by atoms with E-state index in [1.54, 1.807) is 6.92 Å². The van der Waals surface area contributed by atoms with Crippen LogP contribution in [0, 0.1) is 5.92 Å². The van der Waals surface area contributed by atoms with E-state index in [-0.39, 0.29) is 5.92 Å². The standard InChI is InChI=1S/C16H20BrNO/c1-11(19)14-10-12-9-13(17)6-7-15(12)18-8-4-2-3-5-16(14)18/h6-7,9,14,16H,2-5,8,10H2,1H3. The molecule has 0 aliphatic carbocycles. The third kappa shape index (κ3) is 2.45. The zero-order chi connectivity index (χ0) is 13.4. The Morgan fingerprint density at radius 1 is 1.32 bits per heavy atom. The molecular weight excluding hydrogens is 302 g/mol. The topological polar surface area (TPSA) is 20.3 Å². The van der Waals surface area contributed by atoms with Gasteiger partial charge in [0.25, 0.3) is 0 Å². The minimum Gasteiger partial charge on any atom is -0.368 e. The van der Waals surface area contributed by atoms with Gasteiger partial charge in [0.05, 0.1) is 0 Å². The first-order valence-electron chi connectivity index (χ1n) is 7.22.